The van der Waals surface area contributed by atoms with Gasteiger partial charge in [0.15, 0.2) is 0 Å². The van der Waals surface area contributed by atoms with Crippen molar-refractivity contribution in [3.05, 3.63) is 103 Å². The van der Waals surface area contributed by atoms with Crippen molar-refractivity contribution in [3.8, 4) is 28.1 Å². The number of hydrogen-bond donors (Lipinski definition) is 1. The largest absolute Gasteiger partial charge is 0.476 e. The van der Waals surface area contributed by atoms with Gasteiger partial charge in [-0.1, -0.05) is 60.2 Å². The maximum Gasteiger partial charge on any atom is 0.213 e. The summed E-state index contributed by atoms with van der Waals surface area (Å²) in [7, 11) is 0. The molecule has 0 saturated heterocycles. The normalized spacial score (nSPS) is 11.8. The maximum atomic E-state index is 6.28. The fraction of sp³-hybridized carbons (Fsp3) is 0.154. The first-order chi connectivity index (χ1) is 14.7. The van der Waals surface area contributed by atoms with E-state index in [1.54, 1.807) is 12.4 Å². The molecule has 0 radical (unpaired) electrons. The van der Waals surface area contributed by atoms with E-state index in [1.807, 2.05) is 42.6 Å². The highest BCUT2D eigenvalue weighted by atomic mass is 16.5. The number of ether oxygens (including phenoxy) is 1. The zero-order chi connectivity index (χ0) is 20.8. The number of nitrogens with zero attached hydrogens (tertiary/aromatic N) is 2. The van der Waals surface area contributed by atoms with E-state index in [-0.39, 0.29) is 6.04 Å². The van der Waals surface area contributed by atoms with Crippen molar-refractivity contribution in [1.82, 2.24) is 9.97 Å². The Morgan fingerprint density at radius 2 is 1.67 bits per heavy atom. The molecule has 4 aromatic rings. The van der Waals surface area contributed by atoms with Crippen molar-refractivity contribution in [2.75, 3.05) is 6.61 Å². The summed E-state index contributed by atoms with van der Waals surface area (Å²) in [6.45, 7) is 2.50. The molecule has 2 N–H and O–H groups in total. The molecule has 4 nitrogen and oxygen atoms in total. The molecule has 0 bridgehead atoms. The van der Waals surface area contributed by atoms with Gasteiger partial charge in [0.1, 0.15) is 6.61 Å². The van der Waals surface area contributed by atoms with E-state index in [0.717, 1.165) is 28.7 Å². The lowest BCUT2D eigenvalue weighted by Gasteiger charge is -2.15. The van der Waals surface area contributed by atoms with Gasteiger partial charge in [0.25, 0.3) is 0 Å². The summed E-state index contributed by atoms with van der Waals surface area (Å²) in [4.78, 5) is 8.67. The Morgan fingerprint density at radius 1 is 0.867 bits per heavy atom. The van der Waals surface area contributed by atoms with Crippen molar-refractivity contribution in [2.24, 2.45) is 5.73 Å². The molecule has 1 atom stereocenters. The van der Waals surface area contributed by atoms with E-state index in [4.69, 9.17) is 10.5 Å². The van der Waals surface area contributed by atoms with Gasteiger partial charge < -0.3 is 10.5 Å². The Hall–Kier alpha value is -3.50. The third-order valence-corrected chi connectivity index (χ3v) is 4.99. The summed E-state index contributed by atoms with van der Waals surface area (Å²) in [5.74, 6) is 0.577. The van der Waals surface area contributed by atoms with Crippen molar-refractivity contribution < 1.29 is 4.74 Å². The summed E-state index contributed by atoms with van der Waals surface area (Å²) in [5.41, 5.74) is 13.0. The predicted molar refractivity (Wildman–Crippen MR) is 121 cm³/mol. The molecule has 2 aromatic carbocycles. The van der Waals surface area contributed by atoms with Crippen LogP contribution in [0.5, 0.6) is 5.88 Å². The number of hydrogen-bond acceptors (Lipinski definition) is 4. The van der Waals surface area contributed by atoms with Gasteiger partial charge >= 0.3 is 0 Å². The van der Waals surface area contributed by atoms with Crippen molar-refractivity contribution in [3.63, 3.8) is 0 Å². The molecule has 0 aliphatic heterocycles. The number of benzene rings is 2. The first-order valence-electron chi connectivity index (χ1n) is 10.1. The van der Waals surface area contributed by atoms with E-state index in [2.05, 4.69) is 53.3 Å². The average molecular weight is 396 g/mol. The third-order valence-electron chi connectivity index (χ3n) is 4.99. The molecule has 2 heterocycles. The van der Waals surface area contributed by atoms with Crippen LogP contribution in [0.4, 0.5) is 0 Å². The minimum absolute atomic E-state index is 0.100. The number of rotatable bonds is 7. The lowest BCUT2D eigenvalue weighted by molar-refractivity contribution is 0.277. The first-order valence-corrected chi connectivity index (χ1v) is 10.1. The SMILES string of the molecule is Cc1cccc(-c2cc(OC[C@H](N)Cc3ccccc3)ncc2-c2ccncc2)c1. The van der Waals surface area contributed by atoms with Crippen LogP contribution in [0.1, 0.15) is 11.1 Å². The molecular formula is C26H25N3O. The molecular weight excluding hydrogens is 370 g/mol. The summed E-state index contributed by atoms with van der Waals surface area (Å²) >= 11 is 0. The molecule has 0 spiro atoms. The Labute approximate surface area is 177 Å². The quantitative estimate of drug-likeness (QED) is 0.475. The minimum atomic E-state index is -0.100. The highest BCUT2D eigenvalue weighted by Crippen LogP contribution is 2.34. The summed E-state index contributed by atoms with van der Waals surface area (Å²) < 4.78 is 5.97. The molecule has 4 heteroatoms. The second-order valence-corrected chi connectivity index (χ2v) is 7.43. The van der Waals surface area contributed by atoms with Gasteiger partial charge in [-0.2, -0.15) is 0 Å². The number of aromatic nitrogens is 2. The monoisotopic (exact) mass is 395 g/mol. The summed E-state index contributed by atoms with van der Waals surface area (Å²) in [6, 6.07) is 24.5. The lowest BCUT2D eigenvalue weighted by atomic mass is 9.96. The molecule has 0 unspecified atom stereocenters. The van der Waals surface area contributed by atoms with Crippen molar-refractivity contribution >= 4 is 0 Å². The molecule has 30 heavy (non-hydrogen) atoms. The van der Waals surface area contributed by atoms with Crippen LogP contribution in [0.25, 0.3) is 22.3 Å². The maximum absolute atomic E-state index is 6.28. The fourth-order valence-electron chi connectivity index (χ4n) is 3.50. The van der Waals surface area contributed by atoms with E-state index >= 15 is 0 Å². The Balaban J connectivity index is 1.58. The van der Waals surface area contributed by atoms with Crippen LogP contribution < -0.4 is 10.5 Å². The second-order valence-electron chi connectivity index (χ2n) is 7.43. The number of aryl methyl sites for hydroxylation is 1. The predicted octanol–water partition coefficient (Wildman–Crippen LogP) is 5.07. The van der Waals surface area contributed by atoms with Crippen LogP contribution >= 0.6 is 0 Å². The van der Waals surface area contributed by atoms with Gasteiger partial charge in [0, 0.05) is 36.3 Å². The second kappa shape index (κ2) is 9.33. The number of nitrogens with two attached hydrogens (primary N) is 1. The molecule has 4 rings (SSSR count). The topological polar surface area (TPSA) is 61.0 Å². The smallest absolute Gasteiger partial charge is 0.213 e. The van der Waals surface area contributed by atoms with Crippen molar-refractivity contribution in [2.45, 2.75) is 19.4 Å². The van der Waals surface area contributed by atoms with Gasteiger partial charge in [-0.05, 0) is 47.7 Å². The molecule has 2 aromatic heterocycles. The average Bonchev–Trinajstić information content (AvgIpc) is 2.79. The lowest BCUT2D eigenvalue weighted by Crippen LogP contribution is -2.30. The van der Waals surface area contributed by atoms with Gasteiger partial charge in [0.05, 0.1) is 0 Å². The molecule has 0 aliphatic carbocycles. The van der Waals surface area contributed by atoms with Crippen LogP contribution in [-0.4, -0.2) is 22.6 Å². The van der Waals surface area contributed by atoms with Gasteiger partial charge in [-0.15, -0.1) is 0 Å². The van der Waals surface area contributed by atoms with Crippen LogP contribution in [0.15, 0.2) is 91.4 Å². The molecule has 0 amide bonds. The Bertz CT molecular complexity index is 1100. The van der Waals surface area contributed by atoms with Crippen LogP contribution in [0.2, 0.25) is 0 Å². The van der Waals surface area contributed by atoms with Crippen LogP contribution in [0, 0.1) is 6.92 Å². The first kappa shape index (κ1) is 19.8. The van der Waals surface area contributed by atoms with E-state index in [0.29, 0.717) is 12.5 Å². The molecule has 0 aliphatic rings. The van der Waals surface area contributed by atoms with E-state index in [1.165, 1.54) is 11.1 Å². The van der Waals surface area contributed by atoms with E-state index < -0.39 is 0 Å². The zero-order valence-corrected chi connectivity index (χ0v) is 17.0. The van der Waals surface area contributed by atoms with Crippen molar-refractivity contribution in [1.29, 1.82) is 0 Å². The highest BCUT2D eigenvalue weighted by molar-refractivity contribution is 5.83. The third kappa shape index (κ3) is 4.91. The molecule has 0 saturated carbocycles. The standard InChI is InChI=1S/C26H25N3O/c1-19-6-5-9-22(14-19)24-16-26(29-17-25(24)21-10-12-28-13-11-21)30-18-23(27)15-20-7-3-2-4-8-20/h2-14,16-17,23H,15,18,27H2,1H3/t23-/m1/s1. The fourth-order valence-corrected chi connectivity index (χ4v) is 3.50. The summed E-state index contributed by atoms with van der Waals surface area (Å²) in [6.07, 6.45) is 6.22. The molecule has 150 valence electrons. The summed E-state index contributed by atoms with van der Waals surface area (Å²) in [5, 5.41) is 0. The Kier molecular flexibility index (Phi) is 6.16. The van der Waals surface area contributed by atoms with E-state index in [9.17, 15) is 0 Å². The minimum Gasteiger partial charge on any atom is -0.476 e. The van der Waals surface area contributed by atoms with Crippen LogP contribution in [0.3, 0.4) is 0 Å². The zero-order valence-electron chi connectivity index (χ0n) is 17.0. The van der Waals surface area contributed by atoms with Gasteiger partial charge in [-0.3, -0.25) is 4.98 Å². The highest BCUT2D eigenvalue weighted by Gasteiger charge is 2.12. The molecule has 0 fully saturated rings. The van der Waals surface area contributed by atoms with Crippen LogP contribution in [-0.2, 0) is 6.42 Å². The number of pyridine rings is 2. The van der Waals surface area contributed by atoms with Gasteiger partial charge in [0.2, 0.25) is 5.88 Å². The van der Waals surface area contributed by atoms with Gasteiger partial charge in [-0.25, -0.2) is 4.98 Å². The Morgan fingerprint density at radius 3 is 2.43 bits per heavy atom.